The number of amides is 1. The Balaban J connectivity index is 1.58. The van der Waals surface area contributed by atoms with Crippen LogP contribution in [0.4, 0.5) is 0 Å². The minimum absolute atomic E-state index is 0.136. The number of fused-ring (bicyclic) bond motifs is 2. The van der Waals surface area contributed by atoms with Gasteiger partial charge in [-0.3, -0.25) is 14.0 Å². The molecular formula is C19H18N6O3. The van der Waals surface area contributed by atoms with Crippen molar-refractivity contribution in [3.63, 3.8) is 0 Å². The number of hydrogen-bond acceptors (Lipinski definition) is 5. The molecule has 0 aliphatic heterocycles. The Morgan fingerprint density at radius 2 is 1.93 bits per heavy atom. The van der Waals surface area contributed by atoms with Crippen molar-refractivity contribution in [3.05, 3.63) is 75.3 Å². The molecule has 142 valence electrons. The Morgan fingerprint density at radius 3 is 2.71 bits per heavy atom. The highest BCUT2D eigenvalue weighted by molar-refractivity contribution is 5.77. The molecule has 0 spiro atoms. The van der Waals surface area contributed by atoms with Gasteiger partial charge in [-0.1, -0.05) is 18.2 Å². The van der Waals surface area contributed by atoms with Gasteiger partial charge in [-0.15, -0.1) is 5.10 Å². The predicted octanol–water partition coefficient (Wildman–Crippen LogP) is 0.781. The van der Waals surface area contributed by atoms with Crippen LogP contribution in [0.25, 0.3) is 16.6 Å². The van der Waals surface area contributed by atoms with Gasteiger partial charge in [-0.05, 0) is 31.2 Å². The van der Waals surface area contributed by atoms with Gasteiger partial charge in [0.15, 0.2) is 5.65 Å². The van der Waals surface area contributed by atoms with Crippen LogP contribution in [0.3, 0.4) is 0 Å². The molecule has 0 atom stereocenters. The second-order valence-electron chi connectivity index (χ2n) is 6.31. The fourth-order valence-corrected chi connectivity index (χ4v) is 3.07. The van der Waals surface area contributed by atoms with Crippen LogP contribution in [-0.4, -0.2) is 41.5 Å². The molecule has 1 N–H and O–H groups in total. The van der Waals surface area contributed by atoms with Gasteiger partial charge in [0.25, 0.3) is 5.56 Å². The molecule has 0 saturated heterocycles. The molecule has 3 heterocycles. The average Bonchev–Trinajstić information content (AvgIpc) is 3.02. The van der Waals surface area contributed by atoms with E-state index < -0.39 is 0 Å². The zero-order chi connectivity index (χ0) is 19.7. The number of rotatable bonds is 5. The van der Waals surface area contributed by atoms with Gasteiger partial charge in [-0.2, -0.15) is 0 Å². The number of pyridine rings is 1. The number of benzene rings is 1. The fraction of sp³-hybridized carbons (Fsp3) is 0.211. The summed E-state index contributed by atoms with van der Waals surface area (Å²) in [5.41, 5.74) is 0.420. The standard InChI is InChI=1S/C19H18N6O3/c1-2-23(11-15-20-14-8-4-3-7-13(14)18(27)21-15)17(26)12-25-19(28)24-10-6-5-9-16(24)22-25/h3-10H,2,11-12H2,1H3,(H,20,21,27). The fourth-order valence-electron chi connectivity index (χ4n) is 3.07. The lowest BCUT2D eigenvalue weighted by molar-refractivity contribution is -0.132. The Bertz CT molecular complexity index is 1290. The highest BCUT2D eigenvalue weighted by Crippen LogP contribution is 2.07. The lowest BCUT2D eigenvalue weighted by Crippen LogP contribution is -2.37. The molecule has 1 aromatic carbocycles. The number of para-hydroxylation sites is 1. The van der Waals surface area contributed by atoms with Crippen LogP contribution in [0, 0.1) is 0 Å². The molecule has 28 heavy (non-hydrogen) atoms. The van der Waals surface area contributed by atoms with Crippen LogP contribution >= 0.6 is 0 Å². The summed E-state index contributed by atoms with van der Waals surface area (Å²) in [4.78, 5) is 46.0. The van der Waals surface area contributed by atoms with Gasteiger partial charge in [0.1, 0.15) is 12.4 Å². The van der Waals surface area contributed by atoms with E-state index in [1.165, 1.54) is 9.30 Å². The van der Waals surface area contributed by atoms with Crippen molar-refractivity contribution in [1.82, 2.24) is 29.0 Å². The number of nitrogens with zero attached hydrogens (tertiary/aromatic N) is 5. The van der Waals surface area contributed by atoms with E-state index in [4.69, 9.17) is 0 Å². The van der Waals surface area contributed by atoms with Crippen molar-refractivity contribution < 1.29 is 4.79 Å². The summed E-state index contributed by atoms with van der Waals surface area (Å²) in [6.45, 7) is 2.17. The van der Waals surface area contributed by atoms with Crippen molar-refractivity contribution in [1.29, 1.82) is 0 Å². The Morgan fingerprint density at radius 1 is 1.14 bits per heavy atom. The summed E-state index contributed by atoms with van der Waals surface area (Å²) in [6, 6.07) is 12.2. The summed E-state index contributed by atoms with van der Waals surface area (Å²) in [5, 5.41) is 4.67. The SMILES string of the molecule is CCN(Cc1nc2ccccc2c(=O)[nH]1)C(=O)Cn1nc2ccccn2c1=O. The van der Waals surface area contributed by atoms with E-state index in [1.54, 1.807) is 48.7 Å². The molecule has 0 bridgehead atoms. The minimum Gasteiger partial charge on any atom is -0.334 e. The maximum atomic E-state index is 12.7. The summed E-state index contributed by atoms with van der Waals surface area (Å²) >= 11 is 0. The third-order valence-corrected chi connectivity index (χ3v) is 4.51. The zero-order valence-corrected chi connectivity index (χ0v) is 15.2. The largest absolute Gasteiger partial charge is 0.350 e. The molecule has 0 radical (unpaired) electrons. The first-order chi connectivity index (χ1) is 13.6. The van der Waals surface area contributed by atoms with E-state index in [9.17, 15) is 14.4 Å². The molecule has 0 saturated carbocycles. The van der Waals surface area contributed by atoms with E-state index in [0.29, 0.717) is 28.9 Å². The molecule has 0 fully saturated rings. The van der Waals surface area contributed by atoms with Crippen molar-refractivity contribution >= 4 is 22.5 Å². The molecule has 0 aliphatic rings. The van der Waals surface area contributed by atoms with Crippen LogP contribution < -0.4 is 11.2 Å². The smallest absolute Gasteiger partial charge is 0.334 e. The van der Waals surface area contributed by atoms with Crippen LogP contribution in [-0.2, 0) is 17.9 Å². The molecule has 9 nitrogen and oxygen atoms in total. The van der Waals surface area contributed by atoms with Gasteiger partial charge in [0.2, 0.25) is 5.91 Å². The molecule has 9 heteroatoms. The van der Waals surface area contributed by atoms with Crippen LogP contribution in [0.2, 0.25) is 0 Å². The Labute approximate surface area is 158 Å². The lowest BCUT2D eigenvalue weighted by atomic mass is 10.2. The molecule has 4 rings (SSSR count). The number of hydrogen-bond donors (Lipinski definition) is 1. The van der Waals surface area contributed by atoms with Crippen LogP contribution in [0.15, 0.2) is 58.3 Å². The number of aromatic amines is 1. The van der Waals surface area contributed by atoms with Gasteiger partial charge in [0, 0.05) is 12.7 Å². The molecule has 1 amide bonds. The number of carbonyl (C=O) groups excluding carboxylic acids is 1. The van der Waals surface area contributed by atoms with E-state index in [-0.39, 0.29) is 30.2 Å². The number of carbonyl (C=O) groups is 1. The first-order valence-electron chi connectivity index (χ1n) is 8.86. The molecule has 4 aromatic rings. The minimum atomic E-state index is -0.378. The van der Waals surface area contributed by atoms with Crippen LogP contribution in [0.5, 0.6) is 0 Å². The molecule has 0 unspecified atom stereocenters. The molecular weight excluding hydrogens is 360 g/mol. The van der Waals surface area contributed by atoms with Gasteiger partial charge >= 0.3 is 5.69 Å². The number of likely N-dealkylation sites (N-methyl/N-ethyl adjacent to an activating group) is 1. The second-order valence-corrected chi connectivity index (χ2v) is 6.31. The van der Waals surface area contributed by atoms with E-state index in [1.807, 2.05) is 6.92 Å². The summed E-state index contributed by atoms with van der Waals surface area (Å²) in [6.07, 6.45) is 1.60. The monoisotopic (exact) mass is 378 g/mol. The van der Waals surface area contributed by atoms with Gasteiger partial charge < -0.3 is 9.88 Å². The first kappa shape index (κ1) is 17.7. The van der Waals surface area contributed by atoms with Gasteiger partial charge in [-0.25, -0.2) is 14.5 Å². The van der Waals surface area contributed by atoms with E-state index in [2.05, 4.69) is 15.1 Å². The van der Waals surface area contributed by atoms with E-state index >= 15 is 0 Å². The lowest BCUT2D eigenvalue weighted by Gasteiger charge is -2.20. The average molecular weight is 378 g/mol. The number of nitrogens with one attached hydrogen (secondary N) is 1. The van der Waals surface area contributed by atoms with Crippen molar-refractivity contribution in [2.24, 2.45) is 0 Å². The maximum Gasteiger partial charge on any atom is 0.350 e. The van der Waals surface area contributed by atoms with Crippen molar-refractivity contribution in [3.8, 4) is 0 Å². The first-order valence-corrected chi connectivity index (χ1v) is 8.86. The summed E-state index contributed by atoms with van der Waals surface area (Å²) in [7, 11) is 0. The third-order valence-electron chi connectivity index (χ3n) is 4.51. The molecule has 0 aliphatic carbocycles. The Kier molecular flexibility index (Phi) is 4.48. The summed E-state index contributed by atoms with van der Waals surface area (Å²) in [5.74, 6) is 0.102. The summed E-state index contributed by atoms with van der Waals surface area (Å²) < 4.78 is 2.52. The third kappa shape index (κ3) is 3.18. The quantitative estimate of drug-likeness (QED) is 0.553. The van der Waals surface area contributed by atoms with Gasteiger partial charge in [0.05, 0.1) is 17.4 Å². The highest BCUT2D eigenvalue weighted by atomic mass is 16.2. The predicted molar refractivity (Wildman–Crippen MR) is 103 cm³/mol. The highest BCUT2D eigenvalue weighted by Gasteiger charge is 2.17. The number of H-pyrrole nitrogens is 1. The van der Waals surface area contributed by atoms with E-state index in [0.717, 1.165) is 4.68 Å². The normalized spacial score (nSPS) is 11.2. The number of aromatic nitrogens is 5. The topological polar surface area (TPSA) is 105 Å². The van der Waals surface area contributed by atoms with Crippen LogP contribution in [0.1, 0.15) is 12.7 Å². The molecule has 3 aromatic heterocycles. The Hall–Kier alpha value is -3.75. The van der Waals surface area contributed by atoms with Crippen molar-refractivity contribution in [2.45, 2.75) is 20.0 Å². The van der Waals surface area contributed by atoms with Crippen molar-refractivity contribution in [2.75, 3.05) is 6.54 Å². The zero-order valence-electron chi connectivity index (χ0n) is 15.2. The second kappa shape index (κ2) is 7.10. The maximum absolute atomic E-state index is 12.7.